The lowest BCUT2D eigenvalue weighted by Gasteiger charge is -2.38. The highest BCUT2D eigenvalue weighted by Gasteiger charge is 2.28. The molecule has 0 radical (unpaired) electrons. The highest BCUT2D eigenvalue weighted by Crippen LogP contribution is 2.38. The number of likely N-dealkylation sites (N-methyl/N-ethyl adjacent to an activating group) is 1. The van der Waals surface area contributed by atoms with Crippen molar-refractivity contribution < 1.29 is 27.9 Å². The first-order valence-corrected chi connectivity index (χ1v) is 18.0. The van der Waals surface area contributed by atoms with E-state index in [1.54, 1.807) is 49.6 Å². The van der Waals surface area contributed by atoms with Gasteiger partial charge in [-0.3, -0.25) is 24.0 Å². The number of rotatable bonds is 12. The first-order valence-electron chi connectivity index (χ1n) is 16.8. The largest absolute Gasteiger partial charge is 0.434 e. The molecule has 0 unspecified atom stereocenters. The zero-order chi connectivity index (χ0) is 36.1. The van der Waals surface area contributed by atoms with Crippen LogP contribution in [0.25, 0.3) is 16.9 Å². The second-order valence-corrected chi connectivity index (χ2v) is 13.8. The van der Waals surface area contributed by atoms with Crippen LogP contribution in [0.4, 0.5) is 14.5 Å². The van der Waals surface area contributed by atoms with Crippen molar-refractivity contribution in [1.29, 1.82) is 0 Å². The van der Waals surface area contributed by atoms with Crippen molar-refractivity contribution in [2.24, 2.45) is 5.92 Å². The Morgan fingerprint density at radius 2 is 1.80 bits per heavy atom. The summed E-state index contributed by atoms with van der Waals surface area (Å²) >= 11 is 1.41. The Kier molecular flexibility index (Phi) is 11.5. The number of carbonyl (C=O) groups excluding carboxylic acids is 3. The summed E-state index contributed by atoms with van der Waals surface area (Å²) in [5.41, 5.74) is 1.18. The molecule has 5 heterocycles. The van der Waals surface area contributed by atoms with Gasteiger partial charge >= 0.3 is 6.61 Å². The topological polar surface area (TPSA) is 133 Å². The summed E-state index contributed by atoms with van der Waals surface area (Å²) in [5.74, 6) is -0.192. The fraction of sp³-hybridized carbons (Fsp3) is 0.471. The molecule has 0 spiro atoms. The molecule has 3 aromatic heterocycles. The van der Waals surface area contributed by atoms with Crippen molar-refractivity contribution in [2.45, 2.75) is 30.9 Å². The predicted molar refractivity (Wildman–Crippen MR) is 188 cm³/mol. The molecular weight excluding hydrogens is 683 g/mol. The van der Waals surface area contributed by atoms with E-state index in [1.165, 1.54) is 39.4 Å². The van der Waals surface area contributed by atoms with E-state index in [0.29, 0.717) is 31.2 Å². The molecule has 0 aliphatic carbocycles. The van der Waals surface area contributed by atoms with Crippen molar-refractivity contribution in [2.75, 3.05) is 78.0 Å². The number of benzene rings is 1. The highest BCUT2D eigenvalue weighted by atomic mass is 32.2. The van der Waals surface area contributed by atoms with Crippen LogP contribution >= 0.6 is 11.8 Å². The minimum absolute atomic E-state index is 0.104. The molecule has 1 aromatic carbocycles. The number of carbonyl (C=O) groups is 3. The molecule has 3 amide bonds. The normalized spacial score (nSPS) is 16.2. The van der Waals surface area contributed by atoms with Gasteiger partial charge in [-0.05, 0) is 49.3 Å². The lowest BCUT2D eigenvalue weighted by Crippen LogP contribution is -2.51. The molecular formula is C34H42F2N10O4S. The van der Waals surface area contributed by atoms with E-state index in [4.69, 9.17) is 4.74 Å². The fourth-order valence-electron chi connectivity index (χ4n) is 6.42. The fourth-order valence-corrected chi connectivity index (χ4v) is 6.86. The number of likely N-dealkylation sites (tertiary alicyclic amines) is 1. The number of piperidine rings is 1. The maximum Gasteiger partial charge on any atom is 0.387 e. The van der Waals surface area contributed by atoms with Gasteiger partial charge in [0.2, 0.25) is 11.8 Å². The Labute approximate surface area is 298 Å². The Morgan fingerprint density at radius 1 is 1.06 bits per heavy atom. The zero-order valence-corrected chi connectivity index (χ0v) is 29.7. The van der Waals surface area contributed by atoms with E-state index in [9.17, 15) is 23.2 Å². The first kappa shape index (κ1) is 36.2. The van der Waals surface area contributed by atoms with Crippen molar-refractivity contribution in [3.63, 3.8) is 0 Å². The Hall–Kier alpha value is -4.61. The van der Waals surface area contributed by atoms with Gasteiger partial charge in [0.1, 0.15) is 23.6 Å². The van der Waals surface area contributed by atoms with Gasteiger partial charge in [0.05, 0.1) is 18.4 Å². The molecule has 4 aromatic rings. The number of aromatic nitrogens is 5. The summed E-state index contributed by atoms with van der Waals surface area (Å²) in [4.78, 5) is 52.2. The van der Waals surface area contributed by atoms with Gasteiger partial charge in [-0.15, -0.1) is 11.8 Å². The average Bonchev–Trinajstić information content (AvgIpc) is 3.73. The first-order chi connectivity index (χ1) is 24.6. The minimum atomic E-state index is -3.08. The van der Waals surface area contributed by atoms with Gasteiger partial charge in [-0.2, -0.15) is 19.0 Å². The van der Waals surface area contributed by atoms with Crippen molar-refractivity contribution in [1.82, 2.24) is 44.0 Å². The minimum Gasteiger partial charge on any atom is -0.434 e. The molecule has 2 aliphatic heterocycles. The van der Waals surface area contributed by atoms with Gasteiger partial charge in [-0.25, -0.2) is 9.50 Å². The molecule has 17 heteroatoms. The molecule has 2 fully saturated rings. The van der Waals surface area contributed by atoms with Crippen LogP contribution in [0.5, 0.6) is 5.75 Å². The number of hydrogen-bond acceptors (Lipinski definition) is 10. The van der Waals surface area contributed by atoms with Crippen molar-refractivity contribution in [3.8, 4) is 17.0 Å². The molecule has 1 N–H and O–H groups in total. The number of nitrogens with one attached hydrogen (secondary N) is 1. The predicted octanol–water partition coefficient (Wildman–Crippen LogP) is 3.11. The standard InChI is InChI=1S/C34H42F2N10O4S/c1-41(2)29(47)21-43-15-13-42(14-16-43)19-23-7-11-44(12-8-23)30(48)22-45-20-27(39-33(49)26-18-38-46-10-4-9-37-32(26)46)31(40-45)25-17-24(51-3)5-6-28(25)50-34(35)36/h4-6,9-10,17-18,20,23,34H,7-8,11-16,19,21-22H2,1-3H3,(H,39,49). The highest BCUT2D eigenvalue weighted by molar-refractivity contribution is 7.98. The molecule has 272 valence electrons. The van der Waals surface area contributed by atoms with E-state index < -0.39 is 12.5 Å². The molecule has 0 bridgehead atoms. The van der Waals surface area contributed by atoms with Crippen LogP contribution in [0.2, 0.25) is 0 Å². The number of halogens is 2. The van der Waals surface area contributed by atoms with E-state index in [2.05, 4.69) is 30.3 Å². The summed E-state index contributed by atoms with van der Waals surface area (Å²) in [5, 5.41) is 11.7. The number of anilines is 1. The summed E-state index contributed by atoms with van der Waals surface area (Å²) in [6.07, 6.45) is 9.74. The molecule has 51 heavy (non-hydrogen) atoms. The van der Waals surface area contributed by atoms with E-state index in [0.717, 1.165) is 50.5 Å². The quantitative estimate of drug-likeness (QED) is 0.218. The van der Waals surface area contributed by atoms with Gasteiger partial charge < -0.3 is 24.8 Å². The molecule has 6 rings (SSSR count). The van der Waals surface area contributed by atoms with E-state index in [-0.39, 0.29) is 46.6 Å². The number of thioether (sulfide) groups is 1. The SMILES string of the molecule is CSc1ccc(OC(F)F)c(-c2nn(CC(=O)N3CCC(CN4CCN(CC(=O)N(C)C)CC4)CC3)cc2NC(=O)c2cnn3cccnc23)c1. The summed E-state index contributed by atoms with van der Waals surface area (Å²) < 4.78 is 34.7. The summed E-state index contributed by atoms with van der Waals surface area (Å²) in [6, 6.07) is 6.45. The van der Waals surface area contributed by atoms with Crippen LogP contribution in [0.1, 0.15) is 23.2 Å². The van der Waals surface area contributed by atoms with Crippen molar-refractivity contribution >= 4 is 40.8 Å². The number of piperazine rings is 1. The maximum absolute atomic E-state index is 13.5. The zero-order valence-electron chi connectivity index (χ0n) is 28.9. The number of nitrogens with zero attached hydrogens (tertiary/aromatic N) is 9. The molecule has 2 aliphatic rings. The molecule has 14 nitrogen and oxygen atoms in total. The molecule has 0 saturated carbocycles. The number of ether oxygens (including phenoxy) is 1. The van der Waals surface area contributed by atoms with Crippen LogP contribution in [-0.4, -0.2) is 141 Å². The van der Waals surface area contributed by atoms with Gasteiger partial charge in [0.25, 0.3) is 5.91 Å². The van der Waals surface area contributed by atoms with Gasteiger partial charge in [-0.1, -0.05) is 0 Å². The lowest BCUT2D eigenvalue weighted by atomic mass is 9.96. The third-order valence-corrected chi connectivity index (χ3v) is 10.0. The number of hydrogen-bond donors (Lipinski definition) is 1. The Balaban J connectivity index is 1.13. The van der Waals surface area contributed by atoms with Gasteiger partial charge in [0, 0.05) is 89.0 Å². The number of alkyl halides is 2. The van der Waals surface area contributed by atoms with Crippen LogP contribution in [0.3, 0.4) is 0 Å². The van der Waals surface area contributed by atoms with E-state index >= 15 is 0 Å². The summed E-state index contributed by atoms with van der Waals surface area (Å²) in [6.45, 7) is 3.00. The second kappa shape index (κ2) is 16.2. The summed E-state index contributed by atoms with van der Waals surface area (Å²) in [7, 11) is 3.55. The number of amides is 3. The smallest absolute Gasteiger partial charge is 0.387 e. The maximum atomic E-state index is 13.5. The molecule has 2 saturated heterocycles. The number of fused-ring (bicyclic) bond motifs is 1. The van der Waals surface area contributed by atoms with Gasteiger partial charge in [0.15, 0.2) is 5.65 Å². The monoisotopic (exact) mass is 724 g/mol. The van der Waals surface area contributed by atoms with Crippen molar-refractivity contribution in [3.05, 3.63) is 54.6 Å². The van der Waals surface area contributed by atoms with Crippen LogP contribution < -0.4 is 10.1 Å². The Bertz CT molecular complexity index is 1850. The van der Waals surface area contributed by atoms with Crippen LogP contribution in [0.15, 0.2) is 53.9 Å². The lowest BCUT2D eigenvalue weighted by molar-refractivity contribution is -0.133. The van der Waals surface area contributed by atoms with Crippen LogP contribution in [-0.2, 0) is 16.1 Å². The van der Waals surface area contributed by atoms with E-state index in [1.807, 2.05) is 11.2 Å². The third-order valence-electron chi connectivity index (χ3n) is 9.30. The Morgan fingerprint density at radius 3 is 2.51 bits per heavy atom. The van der Waals surface area contributed by atoms with Crippen LogP contribution in [0, 0.1) is 5.92 Å². The second-order valence-electron chi connectivity index (χ2n) is 12.9. The third kappa shape index (κ3) is 8.83. The average molecular weight is 725 g/mol. The molecule has 0 atom stereocenters.